The van der Waals surface area contributed by atoms with E-state index in [4.69, 9.17) is 4.74 Å². The normalized spacial score (nSPS) is 10.5. The van der Waals surface area contributed by atoms with Crippen LogP contribution in [0.25, 0.3) is 5.69 Å². The third-order valence-corrected chi connectivity index (χ3v) is 4.23. The zero-order chi connectivity index (χ0) is 17.6. The van der Waals surface area contributed by atoms with Gasteiger partial charge in [-0.3, -0.25) is 4.79 Å². The summed E-state index contributed by atoms with van der Waals surface area (Å²) in [6, 6.07) is 17.6. The second-order valence-corrected chi connectivity index (χ2v) is 5.91. The molecule has 1 N–H and O–H groups in total. The molecule has 3 rings (SSSR count). The number of nitrogens with zero attached hydrogens (tertiary/aromatic N) is 1. The van der Waals surface area contributed by atoms with E-state index >= 15 is 0 Å². The zero-order valence-corrected chi connectivity index (χ0v) is 14.5. The molecule has 0 fully saturated rings. The van der Waals surface area contributed by atoms with Gasteiger partial charge in [0.15, 0.2) is 0 Å². The van der Waals surface area contributed by atoms with Gasteiger partial charge >= 0.3 is 0 Å². The van der Waals surface area contributed by atoms with Crippen LogP contribution in [-0.2, 0) is 6.42 Å². The lowest BCUT2D eigenvalue weighted by atomic mass is 10.1. The summed E-state index contributed by atoms with van der Waals surface area (Å²) in [5, 5.41) is 2.99. The third kappa shape index (κ3) is 3.91. The van der Waals surface area contributed by atoms with E-state index in [1.807, 2.05) is 78.5 Å². The minimum Gasteiger partial charge on any atom is -0.496 e. The number of carbonyl (C=O) groups is 1. The van der Waals surface area contributed by atoms with Gasteiger partial charge in [-0.25, -0.2) is 0 Å². The maximum Gasteiger partial charge on any atom is 0.251 e. The second kappa shape index (κ2) is 7.71. The molecule has 1 aromatic heterocycles. The van der Waals surface area contributed by atoms with Crippen molar-refractivity contribution in [3.8, 4) is 11.4 Å². The molecule has 3 aromatic rings. The number of aromatic nitrogens is 1. The fourth-order valence-corrected chi connectivity index (χ4v) is 2.85. The molecule has 0 saturated carbocycles. The average Bonchev–Trinajstić information content (AvgIpc) is 3.17. The van der Waals surface area contributed by atoms with Crippen LogP contribution < -0.4 is 10.1 Å². The molecule has 0 radical (unpaired) electrons. The Morgan fingerprint density at radius 1 is 1.08 bits per heavy atom. The van der Waals surface area contributed by atoms with Crippen LogP contribution in [0.3, 0.4) is 0 Å². The van der Waals surface area contributed by atoms with Crippen LogP contribution >= 0.6 is 0 Å². The Balaban J connectivity index is 1.67. The highest BCUT2D eigenvalue weighted by Gasteiger charge is 2.09. The van der Waals surface area contributed by atoms with Gasteiger partial charge in [0.05, 0.1) is 7.11 Å². The molecule has 0 bridgehead atoms. The SMILES string of the molecule is COc1ccccc1CCNC(=O)c1ccc(C)c(-n2cccc2)c1. The smallest absolute Gasteiger partial charge is 0.251 e. The molecule has 0 aliphatic rings. The molecule has 0 unspecified atom stereocenters. The maximum atomic E-state index is 12.5. The van der Waals surface area contributed by atoms with Crippen LogP contribution in [-0.4, -0.2) is 24.1 Å². The van der Waals surface area contributed by atoms with Crippen molar-refractivity contribution >= 4 is 5.91 Å². The monoisotopic (exact) mass is 334 g/mol. The Bertz CT molecular complexity index is 854. The maximum absolute atomic E-state index is 12.5. The van der Waals surface area contributed by atoms with E-state index < -0.39 is 0 Å². The molecule has 2 aromatic carbocycles. The number of hydrogen-bond donors (Lipinski definition) is 1. The van der Waals surface area contributed by atoms with E-state index in [2.05, 4.69) is 5.32 Å². The first kappa shape index (κ1) is 16.8. The minimum atomic E-state index is -0.0664. The molecule has 0 aliphatic carbocycles. The fraction of sp³-hybridized carbons (Fsp3) is 0.190. The first-order chi connectivity index (χ1) is 12.2. The Morgan fingerprint density at radius 2 is 1.84 bits per heavy atom. The summed E-state index contributed by atoms with van der Waals surface area (Å²) in [6.45, 7) is 2.60. The molecule has 25 heavy (non-hydrogen) atoms. The van der Waals surface area contributed by atoms with Gasteiger partial charge in [0.2, 0.25) is 0 Å². The predicted molar refractivity (Wildman–Crippen MR) is 99.5 cm³/mol. The van der Waals surface area contributed by atoms with Gasteiger partial charge in [-0.1, -0.05) is 24.3 Å². The van der Waals surface area contributed by atoms with Crippen molar-refractivity contribution in [1.82, 2.24) is 9.88 Å². The Kier molecular flexibility index (Phi) is 5.19. The summed E-state index contributed by atoms with van der Waals surface area (Å²) in [5.41, 5.74) is 3.89. The lowest BCUT2D eigenvalue weighted by Gasteiger charge is -2.11. The van der Waals surface area contributed by atoms with Crippen molar-refractivity contribution in [3.05, 3.63) is 83.7 Å². The molecule has 1 heterocycles. The number of rotatable bonds is 6. The number of benzene rings is 2. The van der Waals surface area contributed by atoms with E-state index in [1.165, 1.54) is 0 Å². The number of nitrogens with one attached hydrogen (secondary N) is 1. The van der Waals surface area contributed by atoms with Crippen molar-refractivity contribution < 1.29 is 9.53 Å². The number of para-hydroxylation sites is 1. The molecule has 0 saturated heterocycles. The highest BCUT2D eigenvalue weighted by molar-refractivity contribution is 5.94. The van der Waals surface area contributed by atoms with E-state index in [9.17, 15) is 4.79 Å². The molecule has 0 aliphatic heterocycles. The summed E-state index contributed by atoms with van der Waals surface area (Å²) in [6.07, 6.45) is 4.68. The highest BCUT2D eigenvalue weighted by atomic mass is 16.5. The molecule has 4 nitrogen and oxygen atoms in total. The van der Waals surface area contributed by atoms with E-state index in [1.54, 1.807) is 7.11 Å². The van der Waals surface area contributed by atoms with Crippen molar-refractivity contribution in [2.45, 2.75) is 13.3 Å². The number of carbonyl (C=O) groups excluding carboxylic acids is 1. The van der Waals surface area contributed by atoms with Crippen LogP contribution in [0.4, 0.5) is 0 Å². The van der Waals surface area contributed by atoms with E-state index in [0.29, 0.717) is 12.1 Å². The van der Waals surface area contributed by atoms with Gasteiger partial charge in [0.25, 0.3) is 5.91 Å². The first-order valence-electron chi connectivity index (χ1n) is 8.33. The third-order valence-electron chi connectivity index (χ3n) is 4.23. The Labute approximate surface area is 148 Å². The Hall–Kier alpha value is -3.01. The summed E-state index contributed by atoms with van der Waals surface area (Å²) >= 11 is 0. The zero-order valence-electron chi connectivity index (χ0n) is 14.5. The van der Waals surface area contributed by atoms with Gasteiger partial charge in [0.1, 0.15) is 5.75 Å². The summed E-state index contributed by atoms with van der Waals surface area (Å²) in [4.78, 5) is 12.5. The average molecular weight is 334 g/mol. The van der Waals surface area contributed by atoms with Crippen LogP contribution in [0.15, 0.2) is 67.0 Å². The minimum absolute atomic E-state index is 0.0664. The lowest BCUT2D eigenvalue weighted by molar-refractivity contribution is 0.0954. The summed E-state index contributed by atoms with van der Waals surface area (Å²) in [5.74, 6) is 0.783. The van der Waals surface area contributed by atoms with Crippen LogP contribution in [0, 0.1) is 6.92 Å². The first-order valence-corrected chi connectivity index (χ1v) is 8.33. The van der Waals surface area contributed by atoms with Crippen molar-refractivity contribution in [1.29, 1.82) is 0 Å². The topological polar surface area (TPSA) is 43.3 Å². The standard InChI is InChI=1S/C21H22N2O2/c1-16-9-10-18(15-19(16)23-13-5-6-14-23)21(24)22-12-11-17-7-3-4-8-20(17)25-2/h3-10,13-15H,11-12H2,1-2H3,(H,22,24). The van der Waals surface area contributed by atoms with Crippen LogP contribution in [0.1, 0.15) is 21.5 Å². The van der Waals surface area contributed by atoms with E-state index in [-0.39, 0.29) is 5.91 Å². The van der Waals surface area contributed by atoms with Gasteiger partial charge in [-0.2, -0.15) is 0 Å². The molecule has 128 valence electrons. The number of ether oxygens (including phenoxy) is 1. The molecule has 1 amide bonds. The predicted octanol–water partition coefficient (Wildman–Crippen LogP) is 3.77. The molecule has 0 atom stereocenters. The molecular formula is C21H22N2O2. The summed E-state index contributed by atoms with van der Waals surface area (Å²) in [7, 11) is 1.66. The largest absolute Gasteiger partial charge is 0.496 e. The number of hydrogen-bond acceptors (Lipinski definition) is 2. The highest BCUT2D eigenvalue weighted by Crippen LogP contribution is 2.18. The quantitative estimate of drug-likeness (QED) is 0.746. The van der Waals surface area contributed by atoms with Crippen LogP contribution in [0.2, 0.25) is 0 Å². The van der Waals surface area contributed by atoms with E-state index in [0.717, 1.165) is 29.0 Å². The lowest BCUT2D eigenvalue weighted by Crippen LogP contribution is -2.26. The number of amides is 1. The molecule has 0 spiro atoms. The van der Waals surface area contributed by atoms with Gasteiger partial charge in [0, 0.05) is 30.2 Å². The van der Waals surface area contributed by atoms with Crippen molar-refractivity contribution in [3.63, 3.8) is 0 Å². The number of methoxy groups -OCH3 is 1. The van der Waals surface area contributed by atoms with Crippen molar-refractivity contribution in [2.24, 2.45) is 0 Å². The second-order valence-electron chi connectivity index (χ2n) is 5.91. The van der Waals surface area contributed by atoms with Crippen LogP contribution in [0.5, 0.6) is 5.75 Å². The summed E-state index contributed by atoms with van der Waals surface area (Å²) < 4.78 is 7.36. The molecular weight excluding hydrogens is 312 g/mol. The Morgan fingerprint density at radius 3 is 2.60 bits per heavy atom. The number of aryl methyl sites for hydroxylation is 1. The van der Waals surface area contributed by atoms with Gasteiger partial charge in [-0.15, -0.1) is 0 Å². The fourth-order valence-electron chi connectivity index (χ4n) is 2.85. The van der Waals surface area contributed by atoms with Crippen molar-refractivity contribution in [2.75, 3.05) is 13.7 Å². The van der Waals surface area contributed by atoms with Gasteiger partial charge < -0.3 is 14.6 Å². The molecule has 4 heteroatoms. The van der Waals surface area contributed by atoms with Gasteiger partial charge in [-0.05, 0) is 54.8 Å².